The minimum Gasteiger partial charge on any atom is -0.370 e. The molecule has 174 valence electrons. The molecular weight excluding hydrogens is 503 g/mol. The molecule has 2 heterocycles. The summed E-state index contributed by atoms with van der Waals surface area (Å²) in [5, 5.41) is 17.1. The Morgan fingerprint density at radius 3 is 2.82 bits per heavy atom. The molecule has 1 aliphatic rings. The van der Waals surface area contributed by atoms with Crippen LogP contribution < -0.4 is 22.1 Å². The molecule has 14 heteroatoms. The van der Waals surface area contributed by atoms with Gasteiger partial charge in [-0.3, -0.25) is 9.32 Å². The predicted octanol–water partition coefficient (Wildman–Crippen LogP) is 1.81. The Kier molecular flexibility index (Phi) is 6.82. The molecule has 4 rings (SSSR count). The van der Waals surface area contributed by atoms with Crippen LogP contribution in [0.3, 0.4) is 0 Å². The number of aliphatic imine (C=N–C) groups is 1. The lowest BCUT2D eigenvalue weighted by molar-refractivity contribution is -0.121. The van der Waals surface area contributed by atoms with Crippen molar-refractivity contribution in [1.29, 1.82) is 0 Å². The summed E-state index contributed by atoms with van der Waals surface area (Å²) < 4.78 is 24.4. The maximum Gasteiger partial charge on any atom is 0.446 e. The number of hydrogen-bond acceptors (Lipinski definition) is 8. The molecule has 1 aliphatic carbocycles. The van der Waals surface area contributed by atoms with E-state index in [1.165, 1.54) is 18.2 Å². The summed E-state index contributed by atoms with van der Waals surface area (Å²) in [5.41, 5.74) is 6.20. The molecular formula is C19H20BrFN8O4. The van der Waals surface area contributed by atoms with Gasteiger partial charge in [-0.15, -0.1) is 0 Å². The summed E-state index contributed by atoms with van der Waals surface area (Å²) in [5.74, 6) is -1.29. The first-order valence-electron chi connectivity index (χ1n) is 10.2. The zero-order chi connectivity index (χ0) is 23.4. The SMILES string of the molecule is N/C(=N/C(=O)C1CCCC1)NCCNc1nonc1-c1noc(=O)n1-c1ccc(F)c(Br)c1. The first kappa shape index (κ1) is 22.6. The van der Waals surface area contributed by atoms with Gasteiger partial charge in [0.2, 0.25) is 11.6 Å². The van der Waals surface area contributed by atoms with Crippen molar-refractivity contribution in [2.75, 3.05) is 18.4 Å². The second kappa shape index (κ2) is 9.94. The van der Waals surface area contributed by atoms with Crippen LogP contribution in [0.4, 0.5) is 10.2 Å². The van der Waals surface area contributed by atoms with E-state index in [0.29, 0.717) is 18.8 Å². The maximum atomic E-state index is 13.6. The van der Waals surface area contributed by atoms with E-state index >= 15 is 0 Å². The standard InChI is InChI=1S/C19H20BrFN8O4/c20-12-9-11(5-6-13(12)21)29-16(28-32-19(29)31)14-15(27-33-26-14)23-7-8-24-18(22)25-17(30)10-3-1-2-4-10/h5-6,9-10H,1-4,7-8H2,(H,23,27)(H3,22,24,25,30). The van der Waals surface area contributed by atoms with Crippen LogP contribution in [-0.4, -0.2) is 45.0 Å². The van der Waals surface area contributed by atoms with Crippen LogP contribution in [0, 0.1) is 11.7 Å². The molecule has 0 saturated heterocycles. The van der Waals surface area contributed by atoms with Crippen molar-refractivity contribution in [3.05, 3.63) is 39.0 Å². The largest absolute Gasteiger partial charge is 0.446 e. The molecule has 4 N–H and O–H groups in total. The number of carbonyl (C=O) groups excluding carboxylic acids is 1. The Labute approximate surface area is 194 Å². The van der Waals surface area contributed by atoms with Gasteiger partial charge in [0.05, 0.1) is 10.2 Å². The van der Waals surface area contributed by atoms with Crippen LogP contribution in [-0.2, 0) is 4.79 Å². The zero-order valence-corrected chi connectivity index (χ0v) is 18.8. The third kappa shape index (κ3) is 5.10. The van der Waals surface area contributed by atoms with Gasteiger partial charge < -0.3 is 16.4 Å². The van der Waals surface area contributed by atoms with Crippen molar-refractivity contribution in [3.8, 4) is 17.2 Å². The third-order valence-corrected chi connectivity index (χ3v) is 5.73. The number of nitrogens with zero attached hydrogens (tertiary/aromatic N) is 5. The number of nitrogens with one attached hydrogen (secondary N) is 2. The lowest BCUT2D eigenvalue weighted by Crippen LogP contribution is -2.36. The summed E-state index contributed by atoms with van der Waals surface area (Å²) in [6, 6.07) is 3.98. The minimum absolute atomic E-state index is 0.0125. The van der Waals surface area contributed by atoms with E-state index in [2.05, 4.69) is 47.0 Å². The fourth-order valence-corrected chi connectivity index (χ4v) is 3.86. The molecule has 0 spiro atoms. The second-order valence-corrected chi connectivity index (χ2v) is 8.19. The zero-order valence-electron chi connectivity index (χ0n) is 17.3. The monoisotopic (exact) mass is 522 g/mol. The summed E-state index contributed by atoms with van der Waals surface area (Å²) in [6.45, 7) is 0.620. The van der Waals surface area contributed by atoms with Crippen molar-refractivity contribution >= 4 is 33.6 Å². The smallest absolute Gasteiger partial charge is 0.370 e. The first-order chi connectivity index (χ1) is 15.9. The number of aromatic nitrogens is 4. The third-order valence-electron chi connectivity index (χ3n) is 5.12. The van der Waals surface area contributed by atoms with Crippen molar-refractivity contribution in [3.63, 3.8) is 0 Å². The summed E-state index contributed by atoms with van der Waals surface area (Å²) >= 11 is 3.08. The number of anilines is 1. The Morgan fingerprint density at radius 2 is 2.06 bits per heavy atom. The van der Waals surface area contributed by atoms with Gasteiger partial charge in [-0.25, -0.2) is 18.4 Å². The number of rotatable bonds is 7. The Balaban J connectivity index is 1.41. The van der Waals surface area contributed by atoms with Gasteiger partial charge in [-0.2, -0.15) is 4.99 Å². The van der Waals surface area contributed by atoms with Crippen molar-refractivity contribution < 1.29 is 18.3 Å². The minimum atomic E-state index is -0.796. The highest BCUT2D eigenvalue weighted by Crippen LogP contribution is 2.26. The molecule has 33 heavy (non-hydrogen) atoms. The number of carbonyl (C=O) groups is 1. The topological polar surface area (TPSA) is 166 Å². The van der Waals surface area contributed by atoms with Crippen LogP contribution in [0.2, 0.25) is 0 Å². The van der Waals surface area contributed by atoms with Crippen LogP contribution in [0.5, 0.6) is 0 Å². The van der Waals surface area contributed by atoms with Gasteiger partial charge >= 0.3 is 5.76 Å². The van der Waals surface area contributed by atoms with E-state index in [-0.39, 0.29) is 39.6 Å². The average Bonchev–Trinajstić information content (AvgIpc) is 3.54. The van der Waals surface area contributed by atoms with E-state index in [1.807, 2.05) is 0 Å². The van der Waals surface area contributed by atoms with Crippen molar-refractivity contribution in [2.45, 2.75) is 25.7 Å². The number of halogens is 2. The van der Waals surface area contributed by atoms with Gasteiger partial charge in [0.25, 0.3) is 5.91 Å². The Hall–Kier alpha value is -3.55. The van der Waals surface area contributed by atoms with E-state index < -0.39 is 11.6 Å². The second-order valence-electron chi connectivity index (χ2n) is 7.34. The van der Waals surface area contributed by atoms with Gasteiger partial charge in [-0.05, 0) is 57.3 Å². The summed E-state index contributed by atoms with van der Waals surface area (Å²) in [6.07, 6.45) is 3.77. The molecule has 3 aromatic rings. The van der Waals surface area contributed by atoms with Gasteiger partial charge in [0, 0.05) is 19.0 Å². The fraction of sp³-hybridized carbons (Fsp3) is 0.368. The average molecular weight is 523 g/mol. The molecule has 1 aromatic carbocycles. The number of amides is 1. The molecule has 0 radical (unpaired) electrons. The number of benzene rings is 1. The van der Waals surface area contributed by atoms with Crippen molar-refractivity contribution in [2.24, 2.45) is 16.6 Å². The van der Waals surface area contributed by atoms with E-state index in [0.717, 1.165) is 30.3 Å². The van der Waals surface area contributed by atoms with Crippen LogP contribution in [0.1, 0.15) is 25.7 Å². The van der Waals surface area contributed by atoms with E-state index in [4.69, 9.17) is 14.9 Å². The molecule has 1 amide bonds. The highest BCUT2D eigenvalue weighted by molar-refractivity contribution is 9.10. The molecule has 0 aliphatic heterocycles. The molecule has 0 unspecified atom stereocenters. The normalized spacial score (nSPS) is 14.5. The van der Waals surface area contributed by atoms with Crippen LogP contribution in [0.15, 0.2) is 41.6 Å². The lowest BCUT2D eigenvalue weighted by Gasteiger charge is -2.08. The molecule has 0 atom stereocenters. The van der Waals surface area contributed by atoms with Crippen LogP contribution in [0.25, 0.3) is 17.2 Å². The predicted molar refractivity (Wildman–Crippen MR) is 118 cm³/mol. The first-order valence-corrected chi connectivity index (χ1v) is 11.0. The molecule has 12 nitrogen and oxygen atoms in total. The number of hydrogen-bond donors (Lipinski definition) is 3. The van der Waals surface area contributed by atoms with E-state index in [1.54, 1.807) is 0 Å². The molecule has 1 fully saturated rings. The van der Waals surface area contributed by atoms with Gasteiger partial charge in [-0.1, -0.05) is 18.0 Å². The number of nitrogens with two attached hydrogens (primary N) is 1. The molecule has 2 aromatic heterocycles. The van der Waals surface area contributed by atoms with Crippen molar-refractivity contribution in [1.82, 2.24) is 25.4 Å². The van der Waals surface area contributed by atoms with Crippen LogP contribution >= 0.6 is 15.9 Å². The highest BCUT2D eigenvalue weighted by Gasteiger charge is 2.24. The fourth-order valence-electron chi connectivity index (χ4n) is 3.50. The van der Waals surface area contributed by atoms with Gasteiger partial charge in [0.15, 0.2) is 11.7 Å². The van der Waals surface area contributed by atoms with E-state index in [9.17, 15) is 14.0 Å². The summed E-state index contributed by atoms with van der Waals surface area (Å²) in [7, 11) is 0. The lowest BCUT2D eigenvalue weighted by atomic mass is 10.1. The Bertz CT molecular complexity index is 1230. The molecule has 0 bridgehead atoms. The van der Waals surface area contributed by atoms with Gasteiger partial charge in [0.1, 0.15) is 5.82 Å². The Morgan fingerprint density at radius 1 is 1.27 bits per heavy atom. The summed E-state index contributed by atoms with van der Waals surface area (Å²) in [4.78, 5) is 28.2. The number of guanidine groups is 1. The maximum absolute atomic E-state index is 13.6. The highest BCUT2D eigenvalue weighted by atomic mass is 79.9. The quantitative estimate of drug-likeness (QED) is 0.236. The molecule has 1 saturated carbocycles.